The van der Waals surface area contributed by atoms with Crippen LogP contribution in [0.15, 0.2) is 54.7 Å². The van der Waals surface area contributed by atoms with Gasteiger partial charge in [-0.1, -0.05) is 35.9 Å². The molecule has 2 aromatic rings. The van der Waals surface area contributed by atoms with E-state index in [1.165, 1.54) is 12.1 Å². The highest BCUT2D eigenvalue weighted by atomic mass is 35.5. The molecule has 3 rings (SSSR count). The fourth-order valence-corrected chi connectivity index (χ4v) is 3.05. The molecule has 1 heterocycles. The predicted molar refractivity (Wildman–Crippen MR) is 91.3 cm³/mol. The lowest BCUT2D eigenvalue weighted by molar-refractivity contribution is -0.137. The number of halogens is 4. The highest BCUT2D eigenvalue weighted by Crippen LogP contribution is 2.35. The fraction of sp³-hybridized carbons (Fsp3) is 0.211. The van der Waals surface area contributed by atoms with Gasteiger partial charge in [0.1, 0.15) is 0 Å². The lowest BCUT2D eigenvalue weighted by atomic mass is 9.85. The third-order valence-corrected chi connectivity index (χ3v) is 4.43. The van der Waals surface area contributed by atoms with Gasteiger partial charge in [-0.25, -0.2) is 0 Å². The van der Waals surface area contributed by atoms with Gasteiger partial charge in [-0.15, -0.1) is 0 Å². The predicted octanol–water partition coefficient (Wildman–Crippen LogP) is 5.00. The first kappa shape index (κ1) is 17.5. The van der Waals surface area contributed by atoms with Gasteiger partial charge in [0.25, 0.3) is 0 Å². The highest BCUT2D eigenvalue weighted by molar-refractivity contribution is 6.30. The van der Waals surface area contributed by atoms with Crippen LogP contribution >= 0.6 is 11.6 Å². The SMILES string of the molecule is CN1C=C(c2cccc(C(F)(F)F)c2)C(=O)C(c2ccc(Cl)cc2)C1. The number of carbonyl (C=O) groups excluding carboxylic acids is 1. The molecule has 6 heteroatoms. The molecule has 1 aliphatic heterocycles. The van der Waals surface area contributed by atoms with E-state index >= 15 is 0 Å². The average Bonchev–Trinajstić information content (AvgIpc) is 2.57. The second kappa shape index (κ2) is 6.56. The van der Waals surface area contributed by atoms with Crippen LogP contribution in [0.1, 0.15) is 22.6 Å². The number of hydrogen-bond acceptors (Lipinski definition) is 2. The zero-order chi connectivity index (χ0) is 18.2. The number of rotatable bonds is 2. The molecular weight excluding hydrogens is 351 g/mol. The highest BCUT2D eigenvalue weighted by Gasteiger charge is 2.33. The minimum absolute atomic E-state index is 0.195. The van der Waals surface area contributed by atoms with Gasteiger partial charge in [0.2, 0.25) is 0 Å². The van der Waals surface area contributed by atoms with Crippen molar-refractivity contribution >= 4 is 23.0 Å². The fourth-order valence-electron chi connectivity index (χ4n) is 2.93. The Kier molecular flexibility index (Phi) is 4.60. The first-order chi connectivity index (χ1) is 11.8. The quantitative estimate of drug-likeness (QED) is 0.746. The van der Waals surface area contributed by atoms with Crippen molar-refractivity contribution in [2.24, 2.45) is 0 Å². The second-order valence-corrected chi connectivity index (χ2v) is 6.47. The average molecular weight is 366 g/mol. The van der Waals surface area contributed by atoms with Crippen molar-refractivity contribution in [1.29, 1.82) is 0 Å². The summed E-state index contributed by atoms with van der Waals surface area (Å²) in [5.41, 5.74) is 0.568. The van der Waals surface area contributed by atoms with E-state index < -0.39 is 17.7 Å². The van der Waals surface area contributed by atoms with Gasteiger partial charge in [0.15, 0.2) is 5.78 Å². The maximum atomic E-state index is 13.0. The number of nitrogens with zero attached hydrogens (tertiary/aromatic N) is 1. The Morgan fingerprint density at radius 3 is 2.44 bits per heavy atom. The van der Waals surface area contributed by atoms with Gasteiger partial charge in [0, 0.05) is 30.4 Å². The number of ketones is 1. The minimum atomic E-state index is -4.45. The Hall–Kier alpha value is -2.27. The molecule has 25 heavy (non-hydrogen) atoms. The zero-order valence-corrected chi connectivity index (χ0v) is 14.1. The molecule has 130 valence electrons. The van der Waals surface area contributed by atoms with Gasteiger partial charge in [-0.05, 0) is 35.4 Å². The largest absolute Gasteiger partial charge is 0.416 e. The normalized spacial score (nSPS) is 18.3. The van der Waals surface area contributed by atoms with Crippen molar-refractivity contribution in [2.75, 3.05) is 13.6 Å². The van der Waals surface area contributed by atoms with E-state index in [4.69, 9.17) is 11.6 Å². The molecule has 0 saturated heterocycles. The molecule has 1 unspecified atom stereocenters. The molecule has 1 aliphatic rings. The van der Waals surface area contributed by atoms with E-state index in [1.807, 2.05) is 4.90 Å². The summed E-state index contributed by atoms with van der Waals surface area (Å²) in [6.07, 6.45) is -2.85. The molecular formula is C19H15ClF3NO. The van der Waals surface area contributed by atoms with Crippen LogP contribution in [0.2, 0.25) is 5.02 Å². The van der Waals surface area contributed by atoms with Gasteiger partial charge < -0.3 is 4.90 Å². The summed E-state index contributed by atoms with van der Waals surface area (Å²) in [5, 5.41) is 0.564. The van der Waals surface area contributed by atoms with Crippen LogP contribution < -0.4 is 0 Å². The molecule has 0 saturated carbocycles. The smallest absolute Gasteiger partial charge is 0.379 e. The van der Waals surface area contributed by atoms with E-state index in [1.54, 1.807) is 37.5 Å². The van der Waals surface area contributed by atoms with Crippen LogP contribution in [0, 0.1) is 0 Å². The third kappa shape index (κ3) is 3.71. The molecule has 2 nitrogen and oxygen atoms in total. The molecule has 0 bridgehead atoms. The summed E-state index contributed by atoms with van der Waals surface area (Å²) >= 11 is 5.89. The molecule has 0 fully saturated rings. The number of hydrogen-bond donors (Lipinski definition) is 0. The van der Waals surface area contributed by atoms with Crippen molar-refractivity contribution in [3.8, 4) is 0 Å². The number of alkyl halides is 3. The van der Waals surface area contributed by atoms with Gasteiger partial charge >= 0.3 is 6.18 Å². The molecule has 2 aromatic carbocycles. The maximum Gasteiger partial charge on any atom is 0.416 e. The summed E-state index contributed by atoms with van der Waals surface area (Å²) in [6.45, 7) is 0.461. The van der Waals surface area contributed by atoms with E-state index in [0.717, 1.165) is 17.7 Å². The first-order valence-electron chi connectivity index (χ1n) is 7.65. The van der Waals surface area contributed by atoms with Crippen molar-refractivity contribution in [1.82, 2.24) is 4.90 Å². The first-order valence-corrected chi connectivity index (χ1v) is 8.03. The van der Waals surface area contributed by atoms with Gasteiger partial charge in [0.05, 0.1) is 11.5 Å². The summed E-state index contributed by atoms with van der Waals surface area (Å²) < 4.78 is 38.9. The monoisotopic (exact) mass is 365 g/mol. The molecule has 0 amide bonds. The molecule has 0 N–H and O–H groups in total. The van der Waals surface area contributed by atoms with E-state index in [-0.39, 0.29) is 16.9 Å². The molecule has 0 aromatic heterocycles. The minimum Gasteiger partial charge on any atom is -0.379 e. The Balaban J connectivity index is 1.99. The van der Waals surface area contributed by atoms with Crippen molar-refractivity contribution < 1.29 is 18.0 Å². The van der Waals surface area contributed by atoms with Crippen LogP contribution in [-0.2, 0) is 11.0 Å². The van der Waals surface area contributed by atoms with E-state index in [2.05, 4.69) is 0 Å². The number of allylic oxidation sites excluding steroid dienone is 1. The van der Waals surface area contributed by atoms with Gasteiger partial charge in [-0.3, -0.25) is 4.79 Å². The molecule has 1 atom stereocenters. The Labute approximate surface area is 148 Å². The van der Waals surface area contributed by atoms with Crippen LogP contribution in [0.5, 0.6) is 0 Å². The number of carbonyl (C=O) groups is 1. The zero-order valence-electron chi connectivity index (χ0n) is 13.3. The summed E-state index contributed by atoms with van der Waals surface area (Å²) in [5.74, 6) is -0.642. The number of Topliss-reactive ketones (excluding diaryl/α,β-unsaturated/α-hetero) is 1. The molecule has 0 radical (unpaired) electrons. The third-order valence-electron chi connectivity index (χ3n) is 4.18. The lowest BCUT2D eigenvalue weighted by Crippen LogP contribution is -2.31. The number of benzene rings is 2. The molecule has 0 spiro atoms. The molecule has 0 aliphatic carbocycles. The van der Waals surface area contributed by atoms with Crippen molar-refractivity contribution in [3.63, 3.8) is 0 Å². The topological polar surface area (TPSA) is 20.3 Å². The van der Waals surface area contributed by atoms with Gasteiger partial charge in [-0.2, -0.15) is 13.2 Å². The Morgan fingerprint density at radius 1 is 1.12 bits per heavy atom. The van der Waals surface area contributed by atoms with Crippen LogP contribution in [-0.4, -0.2) is 24.3 Å². The summed E-state index contributed by atoms with van der Waals surface area (Å²) in [4.78, 5) is 14.7. The van der Waals surface area contributed by atoms with Crippen molar-refractivity contribution in [3.05, 3.63) is 76.4 Å². The maximum absolute atomic E-state index is 13.0. The summed E-state index contributed by atoms with van der Waals surface area (Å²) in [6, 6.07) is 11.8. The standard InChI is InChI=1S/C19H15ClF3NO/c1-24-10-16(12-5-7-15(20)8-6-12)18(25)17(11-24)13-3-2-4-14(9-13)19(21,22)23/h2-9,11,16H,10H2,1H3. The Bertz CT molecular complexity index is 827. The van der Waals surface area contributed by atoms with Crippen molar-refractivity contribution in [2.45, 2.75) is 12.1 Å². The van der Waals surface area contributed by atoms with Crippen LogP contribution in [0.3, 0.4) is 0 Å². The lowest BCUT2D eigenvalue weighted by Gasteiger charge is -2.29. The Morgan fingerprint density at radius 2 is 1.80 bits per heavy atom. The number of likely N-dealkylation sites (N-methyl/N-ethyl adjacent to an activating group) is 1. The van der Waals surface area contributed by atoms with Crippen LogP contribution in [0.25, 0.3) is 5.57 Å². The van der Waals surface area contributed by atoms with E-state index in [0.29, 0.717) is 11.6 Å². The van der Waals surface area contributed by atoms with Crippen LogP contribution in [0.4, 0.5) is 13.2 Å². The summed E-state index contributed by atoms with van der Waals surface area (Å²) in [7, 11) is 1.79. The van der Waals surface area contributed by atoms with E-state index in [9.17, 15) is 18.0 Å². The second-order valence-electron chi connectivity index (χ2n) is 6.03.